The van der Waals surface area contributed by atoms with Crippen LogP contribution in [0.15, 0.2) is 64.2 Å². The smallest absolute Gasteiger partial charge is 0.244 e. The summed E-state index contributed by atoms with van der Waals surface area (Å²) in [6, 6.07) is 14.4. The lowest BCUT2D eigenvalue weighted by atomic mass is 10.1. The second-order valence-corrected chi connectivity index (χ2v) is 8.35. The highest BCUT2D eigenvalue weighted by molar-refractivity contribution is 9.10. The molecule has 166 valence electrons. The SMILES string of the molecule is COc1cc(/C=N/NC(=O)Cc2ccc(F)cc2)cc(Br)c1OCc1ccc(Cl)cc1Cl. The number of nitrogens with zero attached hydrogens (tertiary/aromatic N) is 1. The van der Waals surface area contributed by atoms with Gasteiger partial charge in [0.2, 0.25) is 5.91 Å². The molecule has 1 N–H and O–H groups in total. The number of carbonyl (C=O) groups is 1. The standard InChI is InChI=1S/C23H18BrCl2FN2O3/c1-31-21-9-15(12-28-29-22(30)10-14-2-6-18(27)7-3-14)8-19(24)23(21)32-13-16-4-5-17(25)11-20(16)26/h2-9,11-12H,10,13H2,1H3,(H,29,30)/b28-12+. The lowest BCUT2D eigenvalue weighted by Crippen LogP contribution is -2.19. The summed E-state index contributed by atoms with van der Waals surface area (Å²) < 4.78 is 24.9. The maximum absolute atomic E-state index is 12.9. The van der Waals surface area contributed by atoms with Gasteiger partial charge in [0.25, 0.3) is 0 Å². The van der Waals surface area contributed by atoms with Crippen LogP contribution in [-0.2, 0) is 17.8 Å². The zero-order chi connectivity index (χ0) is 23.1. The van der Waals surface area contributed by atoms with Crippen molar-refractivity contribution in [1.82, 2.24) is 5.43 Å². The van der Waals surface area contributed by atoms with Crippen LogP contribution in [0, 0.1) is 5.82 Å². The van der Waals surface area contributed by atoms with Crippen molar-refractivity contribution in [3.8, 4) is 11.5 Å². The molecule has 9 heteroatoms. The molecule has 3 aromatic carbocycles. The molecule has 5 nitrogen and oxygen atoms in total. The molecule has 0 aromatic heterocycles. The van der Waals surface area contributed by atoms with Gasteiger partial charge in [-0.25, -0.2) is 9.82 Å². The summed E-state index contributed by atoms with van der Waals surface area (Å²) in [6.07, 6.45) is 1.57. The van der Waals surface area contributed by atoms with Gasteiger partial charge >= 0.3 is 0 Å². The molecule has 0 unspecified atom stereocenters. The monoisotopic (exact) mass is 538 g/mol. The van der Waals surface area contributed by atoms with Crippen LogP contribution in [0.4, 0.5) is 4.39 Å². The third-order valence-corrected chi connectivity index (χ3v) is 5.50. The molecule has 0 heterocycles. The third kappa shape index (κ3) is 6.69. The summed E-state index contributed by atoms with van der Waals surface area (Å²) in [5, 5.41) is 5.02. The van der Waals surface area contributed by atoms with Crippen molar-refractivity contribution in [1.29, 1.82) is 0 Å². The average Bonchev–Trinajstić information content (AvgIpc) is 2.75. The summed E-state index contributed by atoms with van der Waals surface area (Å²) in [7, 11) is 1.52. The number of carbonyl (C=O) groups excluding carboxylic acids is 1. The highest BCUT2D eigenvalue weighted by Gasteiger charge is 2.13. The van der Waals surface area contributed by atoms with Gasteiger partial charge in [0, 0.05) is 15.6 Å². The van der Waals surface area contributed by atoms with E-state index in [1.807, 2.05) is 0 Å². The van der Waals surface area contributed by atoms with Gasteiger partial charge in [-0.2, -0.15) is 5.10 Å². The van der Waals surface area contributed by atoms with E-state index < -0.39 is 0 Å². The molecule has 0 saturated heterocycles. The van der Waals surface area contributed by atoms with Crippen molar-refractivity contribution in [3.63, 3.8) is 0 Å². The van der Waals surface area contributed by atoms with E-state index in [9.17, 15) is 9.18 Å². The normalized spacial score (nSPS) is 10.9. The summed E-state index contributed by atoms with van der Waals surface area (Å²) in [6.45, 7) is 0.220. The largest absolute Gasteiger partial charge is 0.493 e. The summed E-state index contributed by atoms with van der Waals surface area (Å²) >= 11 is 15.6. The average molecular weight is 540 g/mol. The zero-order valence-corrected chi connectivity index (χ0v) is 20.0. The van der Waals surface area contributed by atoms with Gasteiger partial charge in [0.1, 0.15) is 12.4 Å². The van der Waals surface area contributed by atoms with E-state index >= 15 is 0 Å². The van der Waals surface area contributed by atoms with Crippen molar-refractivity contribution in [2.75, 3.05) is 7.11 Å². The molecule has 0 bridgehead atoms. The molecule has 3 rings (SSSR count). The first-order valence-electron chi connectivity index (χ1n) is 9.36. The lowest BCUT2D eigenvalue weighted by molar-refractivity contribution is -0.120. The minimum absolute atomic E-state index is 0.0880. The fraction of sp³-hybridized carbons (Fsp3) is 0.130. The number of ether oxygens (including phenoxy) is 2. The van der Waals surface area contributed by atoms with Crippen molar-refractivity contribution >= 4 is 51.3 Å². The molecule has 32 heavy (non-hydrogen) atoms. The van der Waals surface area contributed by atoms with Crippen molar-refractivity contribution in [2.45, 2.75) is 13.0 Å². The number of amides is 1. The Bertz CT molecular complexity index is 1140. The highest BCUT2D eigenvalue weighted by atomic mass is 79.9. The molecular weight excluding hydrogens is 522 g/mol. The number of hydrogen-bond donors (Lipinski definition) is 1. The van der Waals surface area contributed by atoms with Gasteiger partial charge in [0.15, 0.2) is 11.5 Å². The fourth-order valence-corrected chi connectivity index (χ4v) is 3.79. The lowest BCUT2D eigenvalue weighted by Gasteiger charge is -2.14. The number of nitrogens with one attached hydrogen (secondary N) is 1. The number of hydrazone groups is 1. The Balaban J connectivity index is 1.64. The molecule has 0 atom stereocenters. The number of methoxy groups -OCH3 is 1. The van der Waals surface area contributed by atoms with Gasteiger partial charge in [-0.15, -0.1) is 0 Å². The van der Waals surface area contributed by atoms with Crippen LogP contribution in [0.1, 0.15) is 16.7 Å². The number of hydrogen-bond acceptors (Lipinski definition) is 4. The minimum Gasteiger partial charge on any atom is -0.493 e. The second kappa shape index (κ2) is 11.3. The van der Waals surface area contributed by atoms with Crippen LogP contribution in [-0.4, -0.2) is 19.2 Å². The van der Waals surface area contributed by atoms with E-state index in [0.29, 0.717) is 37.1 Å². The van der Waals surface area contributed by atoms with Crippen LogP contribution in [0.3, 0.4) is 0 Å². The summed E-state index contributed by atoms with van der Waals surface area (Å²) in [4.78, 5) is 12.0. The first kappa shape index (κ1) is 24.0. The molecule has 0 aliphatic carbocycles. The van der Waals surface area contributed by atoms with E-state index in [-0.39, 0.29) is 24.8 Å². The third-order valence-electron chi connectivity index (χ3n) is 4.32. The molecule has 0 saturated carbocycles. The number of benzene rings is 3. The van der Waals surface area contributed by atoms with Crippen LogP contribution >= 0.6 is 39.1 Å². The molecular formula is C23H18BrCl2FN2O3. The van der Waals surface area contributed by atoms with Gasteiger partial charge in [-0.05, 0) is 63.5 Å². The molecule has 0 radical (unpaired) electrons. The first-order valence-corrected chi connectivity index (χ1v) is 10.9. The van der Waals surface area contributed by atoms with Crippen LogP contribution < -0.4 is 14.9 Å². The van der Waals surface area contributed by atoms with E-state index in [0.717, 1.165) is 5.56 Å². The van der Waals surface area contributed by atoms with Crippen LogP contribution in [0.25, 0.3) is 0 Å². The number of halogens is 4. The predicted molar refractivity (Wildman–Crippen MR) is 127 cm³/mol. The first-order chi connectivity index (χ1) is 15.4. The van der Waals surface area contributed by atoms with E-state index in [2.05, 4.69) is 26.5 Å². The Kier molecular flexibility index (Phi) is 8.50. The topological polar surface area (TPSA) is 59.9 Å². The van der Waals surface area contributed by atoms with E-state index in [1.54, 1.807) is 42.5 Å². The molecule has 0 spiro atoms. The summed E-state index contributed by atoms with van der Waals surface area (Å²) in [5.74, 6) is 0.300. The summed E-state index contributed by atoms with van der Waals surface area (Å²) in [5.41, 5.74) is 4.58. The Morgan fingerprint density at radius 2 is 1.91 bits per heavy atom. The van der Waals surface area contributed by atoms with Gasteiger partial charge in [0.05, 0.1) is 24.2 Å². The zero-order valence-electron chi connectivity index (χ0n) is 16.9. The minimum atomic E-state index is -0.351. The number of rotatable bonds is 8. The van der Waals surface area contributed by atoms with Crippen molar-refractivity contribution in [3.05, 3.63) is 91.6 Å². The quantitative estimate of drug-likeness (QED) is 0.275. The van der Waals surface area contributed by atoms with Crippen molar-refractivity contribution in [2.24, 2.45) is 5.10 Å². The maximum Gasteiger partial charge on any atom is 0.244 e. The molecule has 3 aromatic rings. The van der Waals surface area contributed by atoms with Crippen molar-refractivity contribution < 1.29 is 18.7 Å². The van der Waals surface area contributed by atoms with Gasteiger partial charge in [-0.1, -0.05) is 41.4 Å². The molecule has 0 aliphatic heterocycles. The van der Waals surface area contributed by atoms with Crippen LogP contribution in [0.2, 0.25) is 10.0 Å². The Hall–Kier alpha value is -2.61. The second-order valence-electron chi connectivity index (χ2n) is 6.65. The Morgan fingerprint density at radius 3 is 2.59 bits per heavy atom. The fourth-order valence-electron chi connectivity index (χ4n) is 2.75. The predicted octanol–water partition coefficient (Wildman–Crippen LogP) is 6.18. The molecule has 0 fully saturated rings. The Morgan fingerprint density at radius 1 is 1.16 bits per heavy atom. The van der Waals surface area contributed by atoms with Gasteiger partial charge < -0.3 is 9.47 Å². The highest BCUT2D eigenvalue weighted by Crippen LogP contribution is 2.37. The molecule has 1 amide bonds. The van der Waals surface area contributed by atoms with E-state index in [4.69, 9.17) is 32.7 Å². The van der Waals surface area contributed by atoms with E-state index in [1.165, 1.54) is 25.5 Å². The molecule has 0 aliphatic rings. The van der Waals surface area contributed by atoms with Gasteiger partial charge in [-0.3, -0.25) is 4.79 Å². The Labute approximate surface area is 203 Å². The maximum atomic E-state index is 12.9. The van der Waals surface area contributed by atoms with Crippen LogP contribution in [0.5, 0.6) is 11.5 Å².